The Bertz CT molecular complexity index is 782. The Morgan fingerprint density at radius 3 is 2.30 bits per heavy atom. The van der Waals surface area contributed by atoms with Crippen molar-refractivity contribution in [1.29, 1.82) is 0 Å². The number of hydrogen-bond donors (Lipinski definition) is 0. The molecule has 1 fully saturated rings. The summed E-state index contributed by atoms with van der Waals surface area (Å²) in [7, 11) is -3.55. The van der Waals surface area contributed by atoms with E-state index in [1.807, 2.05) is 49.4 Å². The van der Waals surface area contributed by atoms with Gasteiger partial charge in [-0.3, -0.25) is 0 Å². The van der Waals surface area contributed by atoms with Crippen LogP contribution in [0.25, 0.3) is 0 Å². The van der Waals surface area contributed by atoms with Crippen LogP contribution < -0.4 is 0 Å². The Morgan fingerprint density at radius 2 is 1.70 bits per heavy atom. The lowest BCUT2D eigenvalue weighted by Gasteiger charge is -2.28. The molecule has 0 radical (unpaired) electrons. The van der Waals surface area contributed by atoms with Crippen molar-refractivity contribution in [3.63, 3.8) is 0 Å². The fourth-order valence-electron chi connectivity index (χ4n) is 3.20. The highest BCUT2D eigenvalue weighted by Gasteiger charge is 2.41. The summed E-state index contributed by atoms with van der Waals surface area (Å²) in [4.78, 5) is 0.345. The third kappa shape index (κ3) is 2.96. The van der Waals surface area contributed by atoms with Gasteiger partial charge in [0.15, 0.2) is 0 Å². The van der Waals surface area contributed by atoms with Gasteiger partial charge in [-0.1, -0.05) is 54.1 Å². The maximum absolute atomic E-state index is 13.2. The molecule has 0 aliphatic carbocycles. The smallest absolute Gasteiger partial charge is 0.207 e. The number of benzene rings is 2. The van der Waals surface area contributed by atoms with Gasteiger partial charge in [-0.05, 0) is 37.5 Å². The Hall–Kier alpha value is -1.91. The zero-order chi connectivity index (χ0) is 16.4. The summed E-state index contributed by atoms with van der Waals surface area (Å²) in [5.41, 5.74) is 2.08. The first-order chi connectivity index (χ1) is 11.0. The number of nitrogens with zero attached hydrogens (tertiary/aromatic N) is 1. The van der Waals surface area contributed by atoms with Crippen molar-refractivity contribution in [3.8, 4) is 0 Å². The minimum atomic E-state index is -3.55. The van der Waals surface area contributed by atoms with Gasteiger partial charge in [0.05, 0.1) is 10.9 Å². The Morgan fingerprint density at radius 1 is 1.04 bits per heavy atom. The van der Waals surface area contributed by atoms with Gasteiger partial charge in [-0.25, -0.2) is 8.42 Å². The number of aryl methyl sites for hydroxylation is 1. The predicted octanol–water partition coefficient (Wildman–Crippen LogP) is 4.08. The number of sulfonamides is 1. The van der Waals surface area contributed by atoms with Crippen molar-refractivity contribution >= 4 is 10.0 Å². The zero-order valence-corrected chi connectivity index (χ0v) is 14.0. The van der Waals surface area contributed by atoms with Crippen LogP contribution >= 0.6 is 0 Å². The summed E-state index contributed by atoms with van der Waals surface area (Å²) in [6, 6.07) is 16.6. The molecule has 0 amide bonds. The molecule has 0 spiro atoms. The summed E-state index contributed by atoms with van der Waals surface area (Å²) in [5.74, 6) is 0. The number of hydrogen-bond acceptors (Lipinski definition) is 2. The second-order valence-corrected chi connectivity index (χ2v) is 7.80. The monoisotopic (exact) mass is 327 g/mol. The van der Waals surface area contributed by atoms with E-state index in [-0.39, 0.29) is 12.1 Å². The van der Waals surface area contributed by atoms with Crippen LogP contribution in [0.3, 0.4) is 0 Å². The molecule has 1 heterocycles. The Balaban J connectivity index is 2.05. The van der Waals surface area contributed by atoms with Crippen molar-refractivity contribution in [3.05, 3.63) is 78.4 Å². The van der Waals surface area contributed by atoms with Gasteiger partial charge < -0.3 is 0 Å². The molecular formula is C19H21NO2S. The fraction of sp³-hybridized carbons (Fsp3) is 0.263. The third-order valence-corrected chi connectivity index (χ3v) is 6.37. The lowest BCUT2D eigenvalue weighted by atomic mass is 10.1. The average molecular weight is 327 g/mol. The van der Waals surface area contributed by atoms with Crippen LogP contribution in [0.5, 0.6) is 0 Å². The van der Waals surface area contributed by atoms with Crippen LogP contribution in [0.1, 0.15) is 30.0 Å². The van der Waals surface area contributed by atoms with Crippen LogP contribution in [0.15, 0.2) is 72.1 Å². The second kappa shape index (κ2) is 6.30. The molecular weight excluding hydrogens is 306 g/mol. The molecule has 0 saturated carbocycles. The molecule has 0 aromatic heterocycles. The molecule has 0 N–H and O–H groups in total. The molecule has 0 bridgehead atoms. The zero-order valence-electron chi connectivity index (χ0n) is 13.2. The first-order valence-electron chi connectivity index (χ1n) is 7.82. The maximum atomic E-state index is 13.2. The van der Waals surface area contributed by atoms with Crippen LogP contribution in [0, 0.1) is 6.92 Å². The lowest BCUT2D eigenvalue weighted by molar-refractivity contribution is 0.359. The molecule has 1 aliphatic rings. The van der Waals surface area contributed by atoms with E-state index in [0.29, 0.717) is 4.90 Å². The van der Waals surface area contributed by atoms with Crippen molar-refractivity contribution < 1.29 is 8.42 Å². The van der Waals surface area contributed by atoms with Crippen LogP contribution in [0.2, 0.25) is 0 Å². The van der Waals surface area contributed by atoms with Gasteiger partial charge in [0.2, 0.25) is 10.0 Å². The van der Waals surface area contributed by atoms with Crippen LogP contribution in [0.4, 0.5) is 0 Å². The van der Waals surface area contributed by atoms with Gasteiger partial charge in [-0.2, -0.15) is 4.31 Å². The molecule has 4 heteroatoms. The van der Waals surface area contributed by atoms with Crippen molar-refractivity contribution in [2.45, 2.75) is 36.7 Å². The molecule has 120 valence electrons. The van der Waals surface area contributed by atoms with Crippen molar-refractivity contribution in [2.24, 2.45) is 0 Å². The minimum absolute atomic E-state index is 0.134. The van der Waals surface area contributed by atoms with Crippen molar-refractivity contribution in [2.75, 3.05) is 0 Å². The van der Waals surface area contributed by atoms with E-state index >= 15 is 0 Å². The summed E-state index contributed by atoms with van der Waals surface area (Å²) < 4.78 is 28.0. The van der Waals surface area contributed by atoms with Crippen LogP contribution in [-0.2, 0) is 10.0 Å². The molecule has 23 heavy (non-hydrogen) atoms. The molecule has 1 saturated heterocycles. The van der Waals surface area contributed by atoms with Gasteiger partial charge in [0.25, 0.3) is 0 Å². The molecule has 2 aromatic carbocycles. The maximum Gasteiger partial charge on any atom is 0.244 e. The molecule has 1 aliphatic heterocycles. The van der Waals surface area contributed by atoms with Crippen molar-refractivity contribution in [1.82, 2.24) is 4.31 Å². The highest BCUT2D eigenvalue weighted by atomic mass is 32.2. The lowest BCUT2D eigenvalue weighted by Crippen LogP contribution is -2.36. The summed E-state index contributed by atoms with van der Waals surface area (Å²) >= 11 is 0. The molecule has 3 nitrogen and oxygen atoms in total. The molecule has 3 rings (SSSR count). The fourth-order valence-corrected chi connectivity index (χ4v) is 5.04. The SMILES string of the molecule is C=C[C@@H]1CC[C@H](c2ccccc2)N1S(=O)(=O)c1ccc(C)cc1. The highest BCUT2D eigenvalue weighted by Crippen LogP contribution is 2.40. The van der Waals surface area contributed by atoms with E-state index in [1.54, 1.807) is 22.5 Å². The van der Waals surface area contributed by atoms with E-state index in [2.05, 4.69) is 6.58 Å². The minimum Gasteiger partial charge on any atom is -0.207 e. The van der Waals surface area contributed by atoms with Gasteiger partial charge in [0, 0.05) is 6.04 Å². The summed E-state index contributed by atoms with van der Waals surface area (Å²) in [5, 5.41) is 0. The van der Waals surface area contributed by atoms with E-state index in [1.165, 1.54) is 0 Å². The van der Waals surface area contributed by atoms with Crippen LogP contribution in [-0.4, -0.2) is 18.8 Å². The van der Waals surface area contributed by atoms with Gasteiger partial charge >= 0.3 is 0 Å². The van der Waals surface area contributed by atoms with E-state index < -0.39 is 10.0 Å². The third-order valence-electron chi connectivity index (χ3n) is 4.42. The average Bonchev–Trinajstić information content (AvgIpc) is 3.01. The van der Waals surface area contributed by atoms with E-state index in [4.69, 9.17) is 0 Å². The normalized spacial score (nSPS) is 22.1. The Kier molecular flexibility index (Phi) is 4.37. The topological polar surface area (TPSA) is 37.4 Å². The van der Waals surface area contributed by atoms with E-state index in [9.17, 15) is 8.42 Å². The standard InChI is InChI=1S/C19H21NO2S/c1-3-17-11-14-19(16-7-5-4-6-8-16)20(17)23(21,22)18-12-9-15(2)10-13-18/h3-10,12-13,17,19H,1,11,14H2,2H3/t17-,19-/m1/s1. The second-order valence-electron chi connectivity index (χ2n) is 5.95. The Labute approximate surface area is 138 Å². The number of rotatable bonds is 4. The van der Waals surface area contributed by atoms with Gasteiger partial charge in [0.1, 0.15) is 0 Å². The molecule has 2 aromatic rings. The molecule has 2 atom stereocenters. The molecule has 0 unspecified atom stereocenters. The summed E-state index contributed by atoms with van der Waals surface area (Å²) in [6.07, 6.45) is 3.36. The largest absolute Gasteiger partial charge is 0.244 e. The van der Waals surface area contributed by atoms with E-state index in [0.717, 1.165) is 24.0 Å². The first kappa shape index (κ1) is 16.0. The quantitative estimate of drug-likeness (QED) is 0.794. The highest BCUT2D eigenvalue weighted by molar-refractivity contribution is 7.89. The van der Waals surface area contributed by atoms with Gasteiger partial charge in [-0.15, -0.1) is 6.58 Å². The first-order valence-corrected chi connectivity index (χ1v) is 9.26. The summed E-state index contributed by atoms with van der Waals surface area (Å²) in [6.45, 7) is 5.79. The predicted molar refractivity (Wildman–Crippen MR) is 92.6 cm³/mol.